The molecule has 0 unspecified atom stereocenters. The number of aromatic nitrogens is 6. The van der Waals surface area contributed by atoms with Crippen molar-refractivity contribution in [2.24, 2.45) is 0 Å². The SMILES string of the molecule is C[C@@H]1CCC[C@H](C)N1c1nnc2ccc(O[C@@H]3CC[C@H](NC(=O)Nc4cc(C(C)(C)C)nn4-c4cncc(OCCO)c4)c4ccccc43)cn12. The Kier molecular flexibility index (Phi) is 9.56. The lowest BCUT2D eigenvalue weighted by Crippen LogP contribution is -2.44. The fourth-order valence-corrected chi connectivity index (χ4v) is 7.22. The van der Waals surface area contributed by atoms with Gasteiger partial charge in [0.05, 0.1) is 42.6 Å². The molecule has 1 aliphatic heterocycles. The molecule has 2 aliphatic rings. The minimum atomic E-state index is -0.344. The van der Waals surface area contributed by atoms with Gasteiger partial charge in [-0.1, -0.05) is 45.0 Å². The van der Waals surface area contributed by atoms with Crippen LogP contribution < -0.4 is 25.0 Å². The topological polar surface area (TPSA) is 144 Å². The number of aliphatic hydroxyl groups excluding tert-OH is 1. The highest BCUT2D eigenvalue weighted by molar-refractivity contribution is 5.89. The number of nitrogens with one attached hydrogen (secondary N) is 2. The summed E-state index contributed by atoms with van der Waals surface area (Å²) in [6.07, 6.45) is 9.95. The van der Waals surface area contributed by atoms with Gasteiger partial charge >= 0.3 is 6.03 Å². The summed E-state index contributed by atoms with van der Waals surface area (Å²) in [4.78, 5) is 20.3. The van der Waals surface area contributed by atoms with Crippen LogP contribution in [0.25, 0.3) is 11.3 Å². The third kappa shape index (κ3) is 7.21. The monoisotopic (exact) mass is 693 g/mol. The summed E-state index contributed by atoms with van der Waals surface area (Å²) < 4.78 is 15.9. The van der Waals surface area contributed by atoms with Gasteiger partial charge in [0.25, 0.3) is 0 Å². The molecule has 0 saturated carbocycles. The van der Waals surface area contributed by atoms with Gasteiger partial charge in [0.1, 0.15) is 30.0 Å². The largest absolute Gasteiger partial charge is 0.490 e. The standard InChI is InChI=1S/C38H47N9O4/c1-24-9-8-10-25(2)46(24)37-43-42-34-16-13-27(23-45(34)37)51-32-15-14-31(29-11-6-7-12-30(29)32)40-36(49)41-35-20-33(38(3,4)5)44-47(35)26-19-28(22-39-21-26)50-18-17-48/h6-7,11-13,16,19-25,31-32,48H,8-10,14-15,17-18H2,1-5H3,(H2,40,41,49)/t24-,25+,31-,32+/m0/s1. The van der Waals surface area contributed by atoms with E-state index < -0.39 is 0 Å². The molecule has 3 N–H and O–H groups in total. The van der Waals surface area contributed by atoms with Crippen molar-refractivity contribution in [1.29, 1.82) is 0 Å². The Morgan fingerprint density at radius 1 is 0.961 bits per heavy atom. The van der Waals surface area contributed by atoms with E-state index in [0.717, 1.165) is 47.0 Å². The molecule has 4 atom stereocenters. The van der Waals surface area contributed by atoms with Gasteiger partial charge in [0.2, 0.25) is 5.95 Å². The third-order valence-electron chi connectivity index (χ3n) is 9.82. The molecule has 0 bridgehead atoms. The molecule has 13 nitrogen and oxygen atoms in total. The number of nitrogens with zero attached hydrogens (tertiary/aromatic N) is 7. The van der Waals surface area contributed by atoms with Crippen LogP contribution in [0.15, 0.2) is 67.1 Å². The smallest absolute Gasteiger partial charge is 0.320 e. The summed E-state index contributed by atoms with van der Waals surface area (Å²) in [7, 11) is 0. The average Bonchev–Trinajstić information content (AvgIpc) is 3.73. The molecule has 5 aromatic rings. The van der Waals surface area contributed by atoms with Gasteiger partial charge < -0.3 is 24.8 Å². The number of rotatable bonds is 9. The van der Waals surface area contributed by atoms with E-state index in [0.29, 0.717) is 42.2 Å². The molecule has 268 valence electrons. The van der Waals surface area contributed by atoms with Crippen molar-refractivity contribution >= 4 is 23.4 Å². The first-order chi connectivity index (χ1) is 24.6. The first-order valence-electron chi connectivity index (χ1n) is 17.8. The molecular formula is C38H47N9O4. The number of urea groups is 1. The van der Waals surface area contributed by atoms with Gasteiger partial charge in [0, 0.05) is 29.6 Å². The van der Waals surface area contributed by atoms with E-state index in [2.05, 4.69) is 77.5 Å². The second kappa shape index (κ2) is 14.2. The van der Waals surface area contributed by atoms with E-state index in [1.54, 1.807) is 23.1 Å². The second-order valence-electron chi connectivity index (χ2n) is 14.6. The Labute approximate surface area is 298 Å². The van der Waals surface area contributed by atoms with Crippen LogP contribution in [0, 0.1) is 0 Å². The fourth-order valence-electron chi connectivity index (χ4n) is 7.22. The quantitative estimate of drug-likeness (QED) is 0.157. The van der Waals surface area contributed by atoms with Crippen LogP contribution in [0.2, 0.25) is 0 Å². The van der Waals surface area contributed by atoms with E-state index in [-0.39, 0.29) is 36.8 Å². The maximum Gasteiger partial charge on any atom is 0.320 e. The van der Waals surface area contributed by atoms with Crippen LogP contribution in [0.3, 0.4) is 0 Å². The Hall–Kier alpha value is -5.17. The number of amides is 2. The molecule has 1 fully saturated rings. The number of pyridine rings is 2. The number of carbonyl (C=O) groups is 1. The zero-order valence-corrected chi connectivity index (χ0v) is 29.9. The molecule has 13 heteroatoms. The number of hydrogen-bond donors (Lipinski definition) is 3. The Bertz CT molecular complexity index is 1990. The summed E-state index contributed by atoms with van der Waals surface area (Å²) >= 11 is 0. The second-order valence-corrected chi connectivity index (χ2v) is 14.6. The van der Waals surface area contributed by atoms with Gasteiger partial charge in [-0.2, -0.15) is 5.10 Å². The Morgan fingerprint density at radius 2 is 1.75 bits per heavy atom. The summed E-state index contributed by atoms with van der Waals surface area (Å²) in [5, 5.41) is 29.3. The highest BCUT2D eigenvalue weighted by atomic mass is 16.5. The molecule has 4 aromatic heterocycles. The summed E-state index contributed by atoms with van der Waals surface area (Å²) in [5.74, 6) is 2.59. The lowest BCUT2D eigenvalue weighted by Gasteiger charge is -2.39. The van der Waals surface area contributed by atoms with Crippen LogP contribution in [0.5, 0.6) is 11.5 Å². The maximum absolute atomic E-state index is 13.6. The van der Waals surface area contributed by atoms with Gasteiger partial charge in [-0.05, 0) is 69.2 Å². The molecular weight excluding hydrogens is 646 g/mol. The summed E-state index contributed by atoms with van der Waals surface area (Å²) in [6, 6.07) is 15.9. The van der Waals surface area contributed by atoms with Crippen LogP contribution in [0.4, 0.5) is 16.6 Å². The first kappa shape index (κ1) is 34.3. The van der Waals surface area contributed by atoms with E-state index in [4.69, 9.17) is 14.6 Å². The van der Waals surface area contributed by atoms with E-state index in [1.165, 1.54) is 6.42 Å². The van der Waals surface area contributed by atoms with Gasteiger partial charge in [0.15, 0.2) is 5.65 Å². The van der Waals surface area contributed by atoms with Crippen molar-refractivity contribution in [1.82, 2.24) is 34.7 Å². The zero-order chi connectivity index (χ0) is 35.7. The number of hydrogen-bond acceptors (Lipinski definition) is 9. The molecule has 5 heterocycles. The molecule has 0 spiro atoms. The number of aliphatic hydroxyl groups is 1. The molecule has 1 saturated heterocycles. The normalized spacial score (nSPS) is 20.5. The van der Waals surface area contributed by atoms with Crippen molar-refractivity contribution in [2.45, 2.75) is 96.4 Å². The highest BCUT2D eigenvalue weighted by Gasteiger charge is 2.31. The van der Waals surface area contributed by atoms with E-state index in [1.807, 2.05) is 40.9 Å². The predicted molar refractivity (Wildman–Crippen MR) is 195 cm³/mol. The van der Waals surface area contributed by atoms with Crippen LogP contribution in [0.1, 0.15) is 95.7 Å². The van der Waals surface area contributed by atoms with Crippen molar-refractivity contribution in [3.8, 4) is 17.2 Å². The molecule has 1 aromatic carbocycles. The number of carbonyl (C=O) groups excluding carboxylic acids is 1. The van der Waals surface area contributed by atoms with E-state index >= 15 is 0 Å². The van der Waals surface area contributed by atoms with Gasteiger partial charge in [-0.3, -0.25) is 14.7 Å². The minimum Gasteiger partial charge on any atom is -0.490 e. The predicted octanol–water partition coefficient (Wildman–Crippen LogP) is 6.52. The van der Waals surface area contributed by atoms with Gasteiger partial charge in [-0.25, -0.2) is 9.48 Å². The number of ether oxygens (including phenoxy) is 2. The van der Waals surface area contributed by atoms with Gasteiger partial charge in [-0.15, -0.1) is 10.2 Å². The summed E-state index contributed by atoms with van der Waals surface area (Å²) in [5.41, 5.74) is 4.01. The van der Waals surface area contributed by atoms with Crippen LogP contribution in [-0.4, -0.2) is 65.8 Å². The molecule has 2 amide bonds. The average molecular weight is 694 g/mol. The number of fused-ring (bicyclic) bond motifs is 2. The fraction of sp³-hybridized carbons (Fsp3) is 0.447. The van der Waals surface area contributed by atoms with Crippen molar-refractivity contribution in [3.63, 3.8) is 0 Å². The number of anilines is 2. The third-order valence-corrected chi connectivity index (χ3v) is 9.82. The highest BCUT2D eigenvalue weighted by Crippen LogP contribution is 2.39. The molecule has 1 aliphatic carbocycles. The van der Waals surface area contributed by atoms with Crippen molar-refractivity contribution in [3.05, 3.63) is 83.9 Å². The van der Waals surface area contributed by atoms with Crippen LogP contribution in [-0.2, 0) is 5.41 Å². The maximum atomic E-state index is 13.6. The van der Waals surface area contributed by atoms with Crippen LogP contribution >= 0.6 is 0 Å². The summed E-state index contributed by atoms with van der Waals surface area (Å²) in [6.45, 7) is 10.8. The molecule has 51 heavy (non-hydrogen) atoms. The Morgan fingerprint density at radius 3 is 2.51 bits per heavy atom. The zero-order valence-electron chi connectivity index (χ0n) is 29.9. The molecule has 7 rings (SSSR count). The van der Waals surface area contributed by atoms with E-state index in [9.17, 15) is 9.90 Å². The minimum absolute atomic E-state index is 0.109. The van der Waals surface area contributed by atoms with Crippen molar-refractivity contribution < 1.29 is 19.4 Å². The number of piperidine rings is 1. The Balaban J connectivity index is 1.09. The first-order valence-corrected chi connectivity index (χ1v) is 17.8. The lowest BCUT2D eigenvalue weighted by molar-refractivity contribution is 0.171. The lowest BCUT2D eigenvalue weighted by atomic mass is 9.85. The molecule has 0 radical (unpaired) electrons. The number of benzene rings is 1. The van der Waals surface area contributed by atoms with Crippen molar-refractivity contribution in [2.75, 3.05) is 23.4 Å².